The Kier molecular flexibility index (Phi) is 6.84. The van der Waals surface area contributed by atoms with Gasteiger partial charge in [-0.05, 0) is 45.0 Å². The number of rotatable bonds is 7. The van der Waals surface area contributed by atoms with E-state index < -0.39 is 0 Å². The highest BCUT2D eigenvalue weighted by Crippen LogP contribution is 2.24. The molecule has 0 spiro atoms. The van der Waals surface area contributed by atoms with Crippen molar-refractivity contribution in [2.45, 2.75) is 32.2 Å². The second-order valence-corrected chi connectivity index (χ2v) is 9.13. The number of pyridine rings is 2. The van der Waals surface area contributed by atoms with Crippen LogP contribution in [-0.2, 0) is 16.0 Å². The molecule has 164 valence electrons. The van der Waals surface area contributed by atoms with Gasteiger partial charge < -0.3 is 14.5 Å². The first-order chi connectivity index (χ1) is 15.0. The van der Waals surface area contributed by atoms with Gasteiger partial charge in [0.05, 0.1) is 24.2 Å². The van der Waals surface area contributed by atoms with Gasteiger partial charge in [-0.1, -0.05) is 11.3 Å². The van der Waals surface area contributed by atoms with Gasteiger partial charge in [-0.2, -0.15) is 0 Å². The maximum absolute atomic E-state index is 12.9. The van der Waals surface area contributed by atoms with Crippen molar-refractivity contribution in [3.05, 3.63) is 35.1 Å². The van der Waals surface area contributed by atoms with Gasteiger partial charge in [0.1, 0.15) is 10.7 Å². The van der Waals surface area contributed by atoms with E-state index in [9.17, 15) is 4.79 Å². The van der Waals surface area contributed by atoms with Crippen molar-refractivity contribution in [1.29, 1.82) is 0 Å². The summed E-state index contributed by atoms with van der Waals surface area (Å²) in [7, 11) is 3.86. The van der Waals surface area contributed by atoms with Crippen LogP contribution >= 0.6 is 11.3 Å². The summed E-state index contributed by atoms with van der Waals surface area (Å²) < 4.78 is 5.17. The number of hydrogen-bond donors (Lipinski definition) is 0. The van der Waals surface area contributed by atoms with Crippen LogP contribution in [-0.4, -0.2) is 82.3 Å². The Hall–Kier alpha value is -2.49. The number of aryl methyl sites for hydroxylation is 1. The molecule has 0 aliphatic carbocycles. The van der Waals surface area contributed by atoms with Crippen LogP contribution in [0.5, 0.6) is 0 Å². The number of carbonyl (C=O) groups is 1. The summed E-state index contributed by atoms with van der Waals surface area (Å²) >= 11 is 1.52. The van der Waals surface area contributed by atoms with Crippen LogP contribution in [0, 0.1) is 6.92 Å². The average molecular weight is 441 g/mol. The van der Waals surface area contributed by atoms with Crippen LogP contribution < -0.4 is 0 Å². The summed E-state index contributed by atoms with van der Waals surface area (Å²) in [5.74, 6) is 0.126. The molecule has 0 radical (unpaired) electrons. The zero-order chi connectivity index (χ0) is 21.8. The molecule has 0 unspecified atom stereocenters. The first-order valence-electron chi connectivity index (χ1n) is 10.6. The lowest BCUT2D eigenvalue weighted by Crippen LogP contribution is -2.46. The number of fused-ring (bicyclic) bond motifs is 1. The van der Waals surface area contributed by atoms with Gasteiger partial charge in [-0.25, -0.2) is 4.98 Å². The van der Waals surface area contributed by atoms with Gasteiger partial charge in [0.15, 0.2) is 5.01 Å². The lowest BCUT2D eigenvalue weighted by Gasteiger charge is -2.36. The molecule has 1 aliphatic rings. The number of methoxy groups -OCH3 is 1. The number of likely N-dealkylation sites (tertiary alicyclic amines) is 1. The molecule has 1 fully saturated rings. The number of carbonyl (C=O) groups excluding carboxylic acids is 1. The minimum Gasteiger partial charge on any atom is -0.383 e. The van der Waals surface area contributed by atoms with Crippen LogP contribution in [0.25, 0.3) is 21.6 Å². The lowest BCUT2D eigenvalue weighted by atomic mass is 10.0. The fourth-order valence-electron chi connectivity index (χ4n) is 3.91. The van der Waals surface area contributed by atoms with Crippen LogP contribution in [0.15, 0.2) is 24.4 Å². The lowest BCUT2D eigenvalue weighted by molar-refractivity contribution is -0.132. The molecule has 3 aromatic heterocycles. The minimum atomic E-state index is 0.126. The van der Waals surface area contributed by atoms with Crippen LogP contribution in [0.3, 0.4) is 0 Å². The molecule has 3 aromatic rings. The second-order valence-electron chi connectivity index (χ2n) is 7.95. The SMILES string of the molecule is COCCN(C)C1CCN(C(=O)Cc2cc3nc(-c4nnc(C)s4)ccc3cn2)CC1. The zero-order valence-corrected chi connectivity index (χ0v) is 19.1. The maximum atomic E-state index is 12.9. The van der Waals surface area contributed by atoms with Gasteiger partial charge in [-0.3, -0.25) is 9.78 Å². The van der Waals surface area contributed by atoms with Gasteiger partial charge >= 0.3 is 0 Å². The van der Waals surface area contributed by atoms with Crippen LogP contribution in [0.2, 0.25) is 0 Å². The van der Waals surface area contributed by atoms with E-state index in [0.717, 1.165) is 71.4 Å². The predicted molar refractivity (Wildman–Crippen MR) is 121 cm³/mol. The molecular formula is C22H28N6O2S. The average Bonchev–Trinajstić information content (AvgIpc) is 3.23. The molecule has 9 heteroatoms. The maximum Gasteiger partial charge on any atom is 0.228 e. The number of likely N-dealkylation sites (N-methyl/N-ethyl adjacent to an activating group) is 1. The highest BCUT2D eigenvalue weighted by molar-refractivity contribution is 7.14. The molecule has 4 heterocycles. The van der Waals surface area contributed by atoms with E-state index in [2.05, 4.69) is 27.1 Å². The molecule has 4 rings (SSSR count). The van der Waals surface area contributed by atoms with E-state index >= 15 is 0 Å². The van der Waals surface area contributed by atoms with Crippen molar-refractivity contribution in [3.8, 4) is 10.7 Å². The van der Waals surface area contributed by atoms with Gasteiger partial charge in [0.25, 0.3) is 0 Å². The summed E-state index contributed by atoms with van der Waals surface area (Å²) in [6.45, 7) is 5.15. The minimum absolute atomic E-state index is 0.126. The summed E-state index contributed by atoms with van der Waals surface area (Å²) in [6, 6.07) is 6.33. The third kappa shape index (κ3) is 5.23. The molecule has 1 amide bonds. The molecule has 0 aromatic carbocycles. The second kappa shape index (κ2) is 9.76. The van der Waals surface area contributed by atoms with E-state index in [1.807, 2.05) is 30.0 Å². The fourth-order valence-corrected chi connectivity index (χ4v) is 4.58. The number of nitrogens with zero attached hydrogens (tertiary/aromatic N) is 6. The van der Waals surface area contributed by atoms with E-state index in [1.165, 1.54) is 11.3 Å². The van der Waals surface area contributed by atoms with Crippen molar-refractivity contribution in [1.82, 2.24) is 30.0 Å². The Morgan fingerprint density at radius 2 is 2.10 bits per heavy atom. The van der Waals surface area contributed by atoms with Gasteiger partial charge in [0.2, 0.25) is 5.91 Å². The van der Waals surface area contributed by atoms with E-state index in [4.69, 9.17) is 9.72 Å². The topological polar surface area (TPSA) is 84.3 Å². The third-order valence-corrected chi connectivity index (χ3v) is 6.66. The summed E-state index contributed by atoms with van der Waals surface area (Å²) in [5.41, 5.74) is 2.36. The number of aromatic nitrogens is 4. The number of hydrogen-bond acceptors (Lipinski definition) is 8. The van der Waals surface area contributed by atoms with E-state index in [-0.39, 0.29) is 5.91 Å². The zero-order valence-electron chi connectivity index (χ0n) is 18.2. The Bertz CT molecular complexity index is 1050. The van der Waals surface area contributed by atoms with Crippen molar-refractivity contribution in [3.63, 3.8) is 0 Å². The molecule has 1 saturated heterocycles. The highest BCUT2D eigenvalue weighted by atomic mass is 32.1. The Morgan fingerprint density at radius 3 is 2.81 bits per heavy atom. The molecule has 31 heavy (non-hydrogen) atoms. The van der Waals surface area contributed by atoms with Crippen molar-refractivity contribution in [2.24, 2.45) is 0 Å². The van der Waals surface area contributed by atoms with E-state index in [1.54, 1.807) is 13.3 Å². The molecule has 8 nitrogen and oxygen atoms in total. The smallest absolute Gasteiger partial charge is 0.228 e. The molecule has 0 bridgehead atoms. The first-order valence-corrected chi connectivity index (χ1v) is 11.4. The quantitative estimate of drug-likeness (QED) is 0.558. The fraction of sp³-hybridized carbons (Fsp3) is 0.500. The van der Waals surface area contributed by atoms with Gasteiger partial charge in [0, 0.05) is 44.4 Å². The van der Waals surface area contributed by atoms with Crippen molar-refractivity contribution in [2.75, 3.05) is 40.4 Å². The van der Waals surface area contributed by atoms with Gasteiger partial charge in [-0.15, -0.1) is 10.2 Å². The third-order valence-electron chi connectivity index (χ3n) is 5.80. The van der Waals surface area contributed by atoms with Crippen LogP contribution in [0.4, 0.5) is 0 Å². The Labute approximate surface area is 186 Å². The normalized spacial score (nSPS) is 15.2. The first kappa shape index (κ1) is 21.7. The molecular weight excluding hydrogens is 412 g/mol. The monoisotopic (exact) mass is 440 g/mol. The standard InChI is InChI=1S/C22H28N6O2S/c1-15-25-26-22(31-15)19-5-4-16-14-23-17(12-20(16)24-19)13-21(29)28-8-6-18(7-9-28)27(2)10-11-30-3/h4-5,12,14,18H,6-11,13H2,1-3H3. The Balaban J connectivity index is 1.39. The summed E-state index contributed by atoms with van der Waals surface area (Å²) in [6.07, 6.45) is 4.06. The van der Waals surface area contributed by atoms with E-state index in [0.29, 0.717) is 12.5 Å². The van der Waals surface area contributed by atoms with Crippen molar-refractivity contribution < 1.29 is 9.53 Å². The summed E-state index contributed by atoms with van der Waals surface area (Å²) in [4.78, 5) is 26.4. The molecule has 1 aliphatic heterocycles. The number of amides is 1. The van der Waals surface area contributed by atoms with Crippen molar-refractivity contribution >= 4 is 28.1 Å². The predicted octanol–water partition coefficient (Wildman–Crippen LogP) is 2.57. The molecule has 0 saturated carbocycles. The molecule has 0 N–H and O–H groups in total. The number of ether oxygens (including phenoxy) is 1. The molecule has 0 atom stereocenters. The summed E-state index contributed by atoms with van der Waals surface area (Å²) in [5, 5.41) is 10.9. The van der Waals surface area contributed by atoms with Crippen LogP contribution in [0.1, 0.15) is 23.5 Å². The largest absolute Gasteiger partial charge is 0.383 e. The highest BCUT2D eigenvalue weighted by Gasteiger charge is 2.25. The number of piperidine rings is 1. The Morgan fingerprint density at radius 1 is 1.29 bits per heavy atom.